The molecule has 0 bridgehead atoms. The maximum absolute atomic E-state index is 10.9. The Morgan fingerprint density at radius 1 is 0.673 bits per heavy atom. The Bertz CT molecular complexity index is 2210. The Labute approximate surface area is 324 Å². The summed E-state index contributed by atoms with van der Waals surface area (Å²) in [6.45, 7) is 11.1. The number of hydrogen-bond donors (Lipinski definition) is 2. The molecular weight excluding hydrogens is 689 g/mol. The van der Waals surface area contributed by atoms with Gasteiger partial charge in [0.25, 0.3) is 0 Å². The van der Waals surface area contributed by atoms with Crippen LogP contribution in [0.3, 0.4) is 0 Å². The lowest BCUT2D eigenvalue weighted by molar-refractivity contribution is -0.438. The molecule has 0 atom stereocenters. The number of carboxylic acids is 2. The summed E-state index contributed by atoms with van der Waals surface area (Å²) < 4.78 is 13.0. The minimum absolute atomic E-state index is 0.223. The lowest BCUT2D eigenvalue weighted by atomic mass is 9.79. The summed E-state index contributed by atoms with van der Waals surface area (Å²) >= 11 is 0. The highest BCUT2D eigenvalue weighted by molar-refractivity contribution is 6.07. The van der Waals surface area contributed by atoms with Crippen LogP contribution < -0.4 is 4.90 Å². The van der Waals surface area contributed by atoms with Gasteiger partial charge in [0.15, 0.2) is 5.71 Å². The van der Waals surface area contributed by atoms with E-state index in [1.54, 1.807) is 0 Å². The number of anilines is 1. The van der Waals surface area contributed by atoms with Crippen LogP contribution in [0, 0.1) is 0 Å². The van der Waals surface area contributed by atoms with Gasteiger partial charge in [-0.05, 0) is 78.4 Å². The van der Waals surface area contributed by atoms with Gasteiger partial charge in [0.1, 0.15) is 19.8 Å². The average molecular weight is 742 g/mol. The molecule has 0 saturated carbocycles. The van der Waals surface area contributed by atoms with Crippen molar-refractivity contribution in [3.63, 3.8) is 0 Å². The van der Waals surface area contributed by atoms with E-state index in [-0.39, 0.29) is 24.0 Å². The average Bonchev–Trinajstić information content (AvgIpc) is 3.51. The lowest BCUT2D eigenvalue weighted by Crippen LogP contribution is -2.28. The fraction of sp³-hybridized carbons (Fsp3) is 0.340. The summed E-state index contributed by atoms with van der Waals surface area (Å²) in [4.78, 5) is 24.1. The Hall–Kier alpha value is -5.31. The molecule has 0 aliphatic carbocycles. The Morgan fingerprint density at radius 2 is 1.25 bits per heavy atom. The fourth-order valence-electron chi connectivity index (χ4n) is 8.31. The molecule has 6 rings (SSSR count). The normalized spacial score (nSPS) is 16.8. The number of aliphatic carboxylic acids is 2. The highest BCUT2D eigenvalue weighted by atomic mass is 16.5. The van der Waals surface area contributed by atoms with E-state index in [1.165, 1.54) is 55.5 Å². The number of benzene rings is 4. The van der Waals surface area contributed by atoms with Crippen molar-refractivity contribution in [1.29, 1.82) is 0 Å². The van der Waals surface area contributed by atoms with E-state index in [2.05, 4.69) is 152 Å². The van der Waals surface area contributed by atoms with E-state index in [1.807, 2.05) is 0 Å². The van der Waals surface area contributed by atoms with Gasteiger partial charge in [-0.2, -0.15) is 4.58 Å². The van der Waals surface area contributed by atoms with Gasteiger partial charge < -0.3 is 24.6 Å². The smallest absolute Gasteiger partial charge is 0.329 e. The van der Waals surface area contributed by atoms with E-state index in [0.29, 0.717) is 13.2 Å². The van der Waals surface area contributed by atoms with E-state index < -0.39 is 11.9 Å². The second kappa shape index (κ2) is 17.4. The van der Waals surface area contributed by atoms with Crippen LogP contribution in [0.5, 0.6) is 0 Å². The van der Waals surface area contributed by atoms with Gasteiger partial charge in [0.2, 0.25) is 5.69 Å². The minimum Gasteiger partial charge on any atom is -0.480 e. The van der Waals surface area contributed by atoms with E-state index in [9.17, 15) is 9.59 Å². The summed E-state index contributed by atoms with van der Waals surface area (Å²) in [7, 11) is 0. The molecule has 0 aromatic heterocycles. The first-order chi connectivity index (χ1) is 26.5. The van der Waals surface area contributed by atoms with Crippen molar-refractivity contribution in [2.75, 3.05) is 44.4 Å². The van der Waals surface area contributed by atoms with Gasteiger partial charge in [-0.1, -0.05) is 98.8 Å². The second-order valence-electron chi connectivity index (χ2n) is 15.3. The third-order valence-corrected chi connectivity index (χ3v) is 10.8. The molecule has 0 spiro atoms. The molecule has 8 nitrogen and oxygen atoms in total. The Kier molecular flexibility index (Phi) is 12.5. The standard InChI is InChI=1S/C47H52N2O6/c1-46(2)40(48(28-14-16-30-54-32-42(50)51)38-26-24-34-18-10-12-20-36(34)44(38)46)22-8-6-5-7-9-23-41-47(3,4)45-37-21-13-11-19-35(37)25-27-39(45)49(41)29-15-17-31-55-33-43(52)53/h5-13,18-27H,14-17,28-33H2,1-4H3,(H-,50,51,52,53)/p+1. The number of unbranched alkanes of at least 4 members (excludes halogenated alkanes) is 2. The van der Waals surface area contributed by atoms with Crippen LogP contribution in [0.25, 0.3) is 21.5 Å². The molecule has 8 heteroatoms. The highest BCUT2D eigenvalue weighted by Crippen LogP contribution is 2.51. The number of fused-ring (bicyclic) bond motifs is 6. The highest BCUT2D eigenvalue weighted by Gasteiger charge is 2.45. The Morgan fingerprint density at radius 3 is 1.93 bits per heavy atom. The predicted octanol–water partition coefficient (Wildman–Crippen LogP) is 9.48. The monoisotopic (exact) mass is 741 g/mol. The van der Waals surface area contributed by atoms with Gasteiger partial charge in [0.05, 0.1) is 5.41 Å². The zero-order valence-corrected chi connectivity index (χ0v) is 32.5. The third kappa shape index (κ3) is 8.66. The number of hydrogen-bond acceptors (Lipinski definition) is 5. The molecule has 0 saturated heterocycles. The summed E-state index contributed by atoms with van der Waals surface area (Å²) in [6.07, 6.45) is 18.2. The molecule has 0 unspecified atom stereocenters. The molecular formula is C47H53N2O6+. The van der Waals surface area contributed by atoms with E-state index >= 15 is 0 Å². The second-order valence-corrected chi connectivity index (χ2v) is 15.3. The molecule has 0 fully saturated rings. The van der Waals surface area contributed by atoms with Crippen molar-refractivity contribution in [2.24, 2.45) is 0 Å². The molecule has 2 aliphatic rings. The van der Waals surface area contributed by atoms with Crippen molar-refractivity contribution >= 4 is 50.6 Å². The maximum atomic E-state index is 10.9. The van der Waals surface area contributed by atoms with Crippen molar-refractivity contribution < 1.29 is 33.9 Å². The van der Waals surface area contributed by atoms with E-state index in [0.717, 1.165) is 38.8 Å². The SMILES string of the molecule is CC1(C)C(/C=C/C=C/C=C/C=C2/N(CCCCOCC(=O)O)c3ccc4ccccc4c3C2(C)C)=[N+](CCCCOCC(=O)O)c2ccc3ccccc3c21. The van der Waals surface area contributed by atoms with Crippen molar-refractivity contribution in [1.82, 2.24) is 0 Å². The number of ether oxygens (including phenoxy) is 2. The molecule has 286 valence electrons. The van der Waals surface area contributed by atoms with Crippen LogP contribution in [-0.4, -0.2) is 72.0 Å². The molecule has 0 amide bonds. The van der Waals surface area contributed by atoms with Gasteiger partial charge in [-0.15, -0.1) is 0 Å². The fourth-order valence-corrected chi connectivity index (χ4v) is 8.31. The third-order valence-electron chi connectivity index (χ3n) is 10.8. The van der Waals surface area contributed by atoms with Gasteiger partial charge in [-0.3, -0.25) is 0 Å². The molecule has 4 aromatic carbocycles. The topological polar surface area (TPSA) is 99.3 Å². The number of nitrogens with zero attached hydrogens (tertiary/aromatic N) is 2. The molecule has 2 aliphatic heterocycles. The summed E-state index contributed by atoms with van der Waals surface area (Å²) in [6, 6.07) is 26.0. The van der Waals surface area contributed by atoms with Crippen LogP contribution in [0.2, 0.25) is 0 Å². The molecule has 4 aromatic rings. The lowest BCUT2D eigenvalue weighted by Gasteiger charge is -2.27. The summed E-state index contributed by atoms with van der Waals surface area (Å²) in [5.41, 5.74) is 7.09. The maximum Gasteiger partial charge on any atom is 0.329 e. The van der Waals surface area contributed by atoms with Gasteiger partial charge >= 0.3 is 11.9 Å². The largest absolute Gasteiger partial charge is 0.480 e. The quantitative estimate of drug-likeness (QED) is 0.0596. The first kappa shape index (κ1) is 39.4. The Balaban J connectivity index is 1.21. The number of allylic oxidation sites excluding steroid dienone is 8. The number of carbonyl (C=O) groups is 2. The van der Waals surface area contributed by atoms with Crippen molar-refractivity contribution in [2.45, 2.75) is 64.2 Å². The van der Waals surface area contributed by atoms with Crippen LogP contribution in [-0.2, 0) is 29.9 Å². The van der Waals surface area contributed by atoms with Crippen LogP contribution >= 0.6 is 0 Å². The molecule has 2 heterocycles. The molecule has 0 radical (unpaired) electrons. The molecule has 2 N–H and O–H groups in total. The van der Waals surface area contributed by atoms with Gasteiger partial charge in [0, 0.05) is 60.7 Å². The van der Waals surface area contributed by atoms with Crippen molar-refractivity contribution in [3.05, 3.63) is 132 Å². The number of rotatable bonds is 18. The zero-order valence-electron chi connectivity index (χ0n) is 32.5. The van der Waals surface area contributed by atoms with E-state index in [4.69, 9.17) is 19.7 Å². The van der Waals surface area contributed by atoms with Crippen molar-refractivity contribution in [3.8, 4) is 0 Å². The predicted molar refractivity (Wildman–Crippen MR) is 222 cm³/mol. The zero-order chi connectivity index (χ0) is 39.0. The van der Waals surface area contributed by atoms with Gasteiger partial charge in [-0.25, -0.2) is 9.59 Å². The minimum atomic E-state index is -0.944. The molecule has 55 heavy (non-hydrogen) atoms. The first-order valence-electron chi connectivity index (χ1n) is 19.3. The van der Waals surface area contributed by atoms with Crippen LogP contribution in [0.4, 0.5) is 11.4 Å². The number of carboxylic acid groups (broad SMARTS) is 2. The summed E-state index contributed by atoms with van der Waals surface area (Å²) in [5, 5.41) is 22.8. The first-order valence-corrected chi connectivity index (χ1v) is 19.3. The van der Waals surface area contributed by atoms with Crippen LogP contribution in [0.1, 0.15) is 64.5 Å². The van der Waals surface area contributed by atoms with Crippen LogP contribution in [0.15, 0.2) is 121 Å². The summed E-state index contributed by atoms with van der Waals surface area (Å²) in [5.74, 6) is -1.89.